The van der Waals surface area contributed by atoms with Crippen molar-refractivity contribution in [1.29, 1.82) is 5.41 Å². The maximum absolute atomic E-state index is 12.9. The zero-order valence-corrected chi connectivity index (χ0v) is 7.12. The molecule has 0 amide bonds. The lowest BCUT2D eigenvalue weighted by molar-refractivity contribution is -0.137. The Morgan fingerprint density at radius 3 is 2.13 bits per heavy atom. The Morgan fingerprint density at radius 1 is 1.20 bits per heavy atom. The molecule has 0 fully saturated rings. The highest BCUT2D eigenvalue weighted by molar-refractivity contribution is 5.96. The van der Waals surface area contributed by atoms with E-state index in [0.717, 1.165) is 0 Å². The summed E-state index contributed by atoms with van der Waals surface area (Å²) >= 11 is 0. The van der Waals surface area contributed by atoms with Crippen LogP contribution in [0.3, 0.4) is 0 Å². The number of nitrogens with one attached hydrogen (secondary N) is 1. The molecule has 82 valence electrons. The SMILES string of the molecule is N=C(N)c1c(C(F)(F)F)ccc(F)c1F. The van der Waals surface area contributed by atoms with Gasteiger partial charge in [-0.3, -0.25) is 5.41 Å². The van der Waals surface area contributed by atoms with Crippen LogP contribution < -0.4 is 5.73 Å². The second-order valence-electron chi connectivity index (χ2n) is 2.70. The summed E-state index contributed by atoms with van der Waals surface area (Å²) in [6.07, 6.45) is -4.88. The quantitative estimate of drug-likeness (QED) is 0.429. The smallest absolute Gasteiger partial charge is 0.384 e. The third-order valence-corrected chi connectivity index (χ3v) is 1.67. The average molecular weight is 224 g/mol. The third kappa shape index (κ3) is 2.05. The molecule has 0 saturated carbocycles. The second kappa shape index (κ2) is 3.48. The summed E-state index contributed by atoms with van der Waals surface area (Å²) in [5.74, 6) is -4.41. The molecule has 2 nitrogen and oxygen atoms in total. The Kier molecular flexibility index (Phi) is 2.65. The minimum absolute atomic E-state index is 0.338. The van der Waals surface area contributed by atoms with Gasteiger partial charge in [-0.15, -0.1) is 0 Å². The standard InChI is InChI=1S/C8H5F5N2/c9-4-2-1-3(8(11,12)13)5(6(4)10)7(14)15/h1-2H,(H3,14,15). The predicted octanol–water partition coefficient (Wildman–Crippen LogP) is 2.27. The topological polar surface area (TPSA) is 49.9 Å². The van der Waals surface area contributed by atoms with Crippen molar-refractivity contribution in [2.24, 2.45) is 5.73 Å². The fraction of sp³-hybridized carbons (Fsp3) is 0.125. The maximum atomic E-state index is 12.9. The van der Waals surface area contributed by atoms with E-state index in [-0.39, 0.29) is 0 Å². The lowest BCUT2D eigenvalue weighted by Gasteiger charge is -2.12. The number of nitrogens with two attached hydrogens (primary N) is 1. The Morgan fingerprint density at radius 2 is 1.73 bits per heavy atom. The number of alkyl halides is 3. The molecule has 0 aliphatic carbocycles. The van der Waals surface area contributed by atoms with Crippen LogP contribution in [-0.4, -0.2) is 5.84 Å². The largest absolute Gasteiger partial charge is 0.417 e. The van der Waals surface area contributed by atoms with Crippen molar-refractivity contribution < 1.29 is 22.0 Å². The first-order chi connectivity index (χ1) is 6.75. The van der Waals surface area contributed by atoms with Gasteiger partial charge in [0, 0.05) is 0 Å². The Labute approximate surface area is 81.0 Å². The highest BCUT2D eigenvalue weighted by Crippen LogP contribution is 2.33. The van der Waals surface area contributed by atoms with Crippen LogP contribution in [0.1, 0.15) is 11.1 Å². The molecule has 15 heavy (non-hydrogen) atoms. The highest BCUT2D eigenvalue weighted by Gasteiger charge is 2.36. The summed E-state index contributed by atoms with van der Waals surface area (Å²) in [5, 5.41) is 6.76. The number of rotatable bonds is 1. The van der Waals surface area contributed by atoms with Gasteiger partial charge in [0.2, 0.25) is 0 Å². The number of benzene rings is 1. The predicted molar refractivity (Wildman–Crippen MR) is 42.4 cm³/mol. The summed E-state index contributed by atoms with van der Waals surface area (Å²) in [7, 11) is 0. The first-order valence-corrected chi connectivity index (χ1v) is 3.64. The number of amidine groups is 1. The van der Waals surface area contributed by atoms with E-state index in [0.29, 0.717) is 12.1 Å². The molecule has 0 bridgehead atoms. The average Bonchev–Trinajstić information content (AvgIpc) is 2.06. The van der Waals surface area contributed by atoms with Crippen LogP contribution in [0, 0.1) is 17.0 Å². The lowest BCUT2D eigenvalue weighted by Crippen LogP contribution is -2.21. The zero-order chi connectivity index (χ0) is 11.8. The van der Waals surface area contributed by atoms with Crippen LogP contribution in [0.4, 0.5) is 22.0 Å². The van der Waals surface area contributed by atoms with Gasteiger partial charge in [-0.05, 0) is 12.1 Å². The van der Waals surface area contributed by atoms with Crippen molar-refractivity contribution in [3.63, 3.8) is 0 Å². The number of halogens is 5. The molecule has 3 N–H and O–H groups in total. The lowest BCUT2D eigenvalue weighted by atomic mass is 10.1. The molecule has 1 aromatic carbocycles. The molecule has 0 aliphatic rings. The van der Waals surface area contributed by atoms with Gasteiger partial charge in [0.05, 0.1) is 11.1 Å². The summed E-state index contributed by atoms with van der Waals surface area (Å²) in [6, 6.07) is 0.680. The van der Waals surface area contributed by atoms with E-state index < -0.39 is 34.8 Å². The highest BCUT2D eigenvalue weighted by atomic mass is 19.4. The number of hydrogen-bond donors (Lipinski definition) is 2. The Balaban J connectivity index is 3.55. The Hall–Kier alpha value is -1.66. The van der Waals surface area contributed by atoms with Crippen LogP contribution in [0.2, 0.25) is 0 Å². The molecule has 0 aliphatic heterocycles. The zero-order valence-electron chi connectivity index (χ0n) is 7.12. The second-order valence-corrected chi connectivity index (χ2v) is 2.70. The first-order valence-electron chi connectivity index (χ1n) is 3.64. The van der Waals surface area contributed by atoms with Gasteiger partial charge in [0.25, 0.3) is 0 Å². The van der Waals surface area contributed by atoms with E-state index in [9.17, 15) is 22.0 Å². The van der Waals surface area contributed by atoms with Crippen molar-refractivity contribution in [3.05, 3.63) is 34.9 Å². The molecule has 0 atom stereocenters. The molecule has 0 spiro atoms. The van der Waals surface area contributed by atoms with Crippen molar-refractivity contribution in [2.45, 2.75) is 6.18 Å². The van der Waals surface area contributed by atoms with Gasteiger partial charge in [-0.2, -0.15) is 13.2 Å². The summed E-state index contributed by atoms with van der Waals surface area (Å²) in [6.45, 7) is 0. The van der Waals surface area contributed by atoms with E-state index in [4.69, 9.17) is 11.1 Å². The minimum Gasteiger partial charge on any atom is -0.384 e. The van der Waals surface area contributed by atoms with Crippen molar-refractivity contribution in [3.8, 4) is 0 Å². The fourth-order valence-electron chi connectivity index (χ4n) is 1.05. The molecule has 0 aromatic heterocycles. The van der Waals surface area contributed by atoms with E-state index in [1.807, 2.05) is 0 Å². The fourth-order valence-corrected chi connectivity index (χ4v) is 1.05. The van der Waals surface area contributed by atoms with E-state index >= 15 is 0 Å². The van der Waals surface area contributed by atoms with E-state index in [2.05, 4.69) is 0 Å². The summed E-state index contributed by atoms with van der Waals surface area (Å²) in [4.78, 5) is 0. The van der Waals surface area contributed by atoms with Gasteiger partial charge in [0.1, 0.15) is 5.84 Å². The van der Waals surface area contributed by atoms with Crippen LogP contribution in [0.5, 0.6) is 0 Å². The summed E-state index contributed by atoms with van der Waals surface area (Å²) < 4.78 is 62.4. The molecule has 0 radical (unpaired) electrons. The van der Waals surface area contributed by atoms with Crippen LogP contribution in [0.25, 0.3) is 0 Å². The Bertz CT molecular complexity index is 410. The minimum atomic E-state index is -4.88. The van der Waals surface area contributed by atoms with Crippen molar-refractivity contribution >= 4 is 5.84 Å². The maximum Gasteiger partial charge on any atom is 0.417 e. The molecule has 7 heteroatoms. The first kappa shape index (κ1) is 11.4. The van der Waals surface area contributed by atoms with Crippen LogP contribution >= 0.6 is 0 Å². The van der Waals surface area contributed by atoms with Crippen molar-refractivity contribution in [2.75, 3.05) is 0 Å². The van der Waals surface area contributed by atoms with Gasteiger partial charge in [-0.25, -0.2) is 8.78 Å². The molecule has 1 rings (SSSR count). The number of hydrogen-bond acceptors (Lipinski definition) is 1. The molecular weight excluding hydrogens is 219 g/mol. The van der Waals surface area contributed by atoms with Crippen LogP contribution in [-0.2, 0) is 6.18 Å². The molecule has 0 saturated heterocycles. The van der Waals surface area contributed by atoms with Gasteiger partial charge in [0.15, 0.2) is 11.6 Å². The molecule has 0 unspecified atom stereocenters. The van der Waals surface area contributed by atoms with Crippen molar-refractivity contribution in [1.82, 2.24) is 0 Å². The van der Waals surface area contributed by atoms with E-state index in [1.54, 1.807) is 0 Å². The summed E-state index contributed by atoms with van der Waals surface area (Å²) in [5.41, 5.74) is 2.03. The molecule has 0 heterocycles. The van der Waals surface area contributed by atoms with Gasteiger partial charge >= 0.3 is 6.18 Å². The normalized spacial score (nSPS) is 11.5. The van der Waals surface area contributed by atoms with Crippen LogP contribution in [0.15, 0.2) is 12.1 Å². The van der Waals surface area contributed by atoms with Gasteiger partial charge < -0.3 is 5.73 Å². The molecular formula is C8H5F5N2. The van der Waals surface area contributed by atoms with E-state index in [1.165, 1.54) is 0 Å². The third-order valence-electron chi connectivity index (χ3n) is 1.67. The molecule has 1 aromatic rings. The monoisotopic (exact) mass is 224 g/mol. The number of nitrogen functional groups attached to an aromatic ring is 1. The van der Waals surface area contributed by atoms with Gasteiger partial charge in [-0.1, -0.05) is 0 Å².